The zero-order chi connectivity index (χ0) is 12.1. The van der Waals surface area contributed by atoms with Crippen LogP contribution in [0.5, 0.6) is 0 Å². The second-order valence-corrected chi connectivity index (χ2v) is 5.00. The molecule has 0 bridgehead atoms. The number of fused-ring (bicyclic) bond motifs is 1. The summed E-state index contributed by atoms with van der Waals surface area (Å²) in [5, 5.41) is 0. The van der Waals surface area contributed by atoms with Crippen LogP contribution in [-0.2, 0) is 0 Å². The van der Waals surface area contributed by atoms with Crippen LogP contribution in [0, 0.1) is 0 Å². The van der Waals surface area contributed by atoms with Gasteiger partial charge in [0.1, 0.15) is 0 Å². The van der Waals surface area contributed by atoms with Gasteiger partial charge in [0.15, 0.2) is 0 Å². The van der Waals surface area contributed by atoms with Crippen molar-refractivity contribution < 1.29 is 0 Å². The molecule has 1 unspecified atom stereocenters. The number of para-hydroxylation sites is 1. The van der Waals surface area contributed by atoms with Gasteiger partial charge in [-0.1, -0.05) is 44.4 Å². The Morgan fingerprint density at radius 1 is 1.24 bits per heavy atom. The summed E-state index contributed by atoms with van der Waals surface area (Å²) in [5.41, 5.74) is 8.85. The number of rotatable bonds is 5. The van der Waals surface area contributed by atoms with Crippen LogP contribution < -0.4 is 10.6 Å². The van der Waals surface area contributed by atoms with Crippen LogP contribution in [0.3, 0.4) is 0 Å². The second-order valence-electron chi connectivity index (χ2n) is 5.00. The molecule has 1 aliphatic rings. The summed E-state index contributed by atoms with van der Waals surface area (Å²) < 4.78 is 0. The molecule has 94 valence electrons. The van der Waals surface area contributed by atoms with E-state index >= 15 is 0 Å². The van der Waals surface area contributed by atoms with Crippen molar-refractivity contribution in [2.75, 3.05) is 18.0 Å². The molecule has 1 aromatic rings. The molecule has 0 aliphatic carbocycles. The molecule has 0 aromatic heterocycles. The van der Waals surface area contributed by atoms with Crippen molar-refractivity contribution in [1.29, 1.82) is 0 Å². The number of hydrogen-bond donors (Lipinski definition) is 1. The number of nitrogens with zero attached hydrogens (tertiary/aromatic N) is 1. The molecule has 2 N–H and O–H groups in total. The Morgan fingerprint density at radius 2 is 2.06 bits per heavy atom. The van der Waals surface area contributed by atoms with Gasteiger partial charge in [-0.25, -0.2) is 0 Å². The fraction of sp³-hybridized carbons (Fsp3) is 0.600. The van der Waals surface area contributed by atoms with Crippen LogP contribution in [0.2, 0.25) is 0 Å². The highest BCUT2D eigenvalue weighted by atomic mass is 15.1. The van der Waals surface area contributed by atoms with Gasteiger partial charge >= 0.3 is 0 Å². The predicted molar refractivity (Wildman–Crippen MR) is 74.3 cm³/mol. The predicted octanol–water partition coefficient (Wildman–Crippen LogP) is 3.48. The van der Waals surface area contributed by atoms with Crippen molar-refractivity contribution in [3.8, 4) is 0 Å². The summed E-state index contributed by atoms with van der Waals surface area (Å²) in [4.78, 5) is 2.51. The Bertz CT molecular complexity index is 349. The van der Waals surface area contributed by atoms with Crippen molar-refractivity contribution in [3.05, 3.63) is 29.8 Å². The van der Waals surface area contributed by atoms with Gasteiger partial charge in [0.05, 0.1) is 0 Å². The van der Waals surface area contributed by atoms with Crippen LogP contribution in [0.1, 0.15) is 50.6 Å². The van der Waals surface area contributed by atoms with Gasteiger partial charge in [0.2, 0.25) is 0 Å². The Labute approximate surface area is 105 Å². The molecule has 1 heterocycles. The highest BCUT2D eigenvalue weighted by molar-refractivity contribution is 5.56. The van der Waals surface area contributed by atoms with Crippen LogP contribution in [0.4, 0.5) is 5.69 Å². The van der Waals surface area contributed by atoms with Crippen molar-refractivity contribution in [2.45, 2.75) is 45.1 Å². The summed E-state index contributed by atoms with van der Waals surface area (Å²) >= 11 is 0. The first kappa shape index (κ1) is 12.4. The maximum Gasteiger partial charge on any atom is 0.0414 e. The van der Waals surface area contributed by atoms with E-state index in [0.29, 0.717) is 0 Å². The summed E-state index contributed by atoms with van der Waals surface area (Å²) in [6.45, 7) is 4.56. The third-order valence-electron chi connectivity index (χ3n) is 3.67. The van der Waals surface area contributed by atoms with E-state index in [1.54, 1.807) is 0 Å². The second kappa shape index (κ2) is 6.06. The molecule has 0 radical (unpaired) electrons. The molecule has 2 rings (SSSR count). The third-order valence-corrected chi connectivity index (χ3v) is 3.67. The fourth-order valence-electron chi connectivity index (χ4n) is 2.62. The Kier molecular flexibility index (Phi) is 4.43. The fourth-order valence-corrected chi connectivity index (χ4v) is 2.62. The minimum Gasteiger partial charge on any atom is -0.371 e. The van der Waals surface area contributed by atoms with Gasteiger partial charge < -0.3 is 10.6 Å². The van der Waals surface area contributed by atoms with E-state index in [1.165, 1.54) is 43.5 Å². The molecule has 17 heavy (non-hydrogen) atoms. The smallest absolute Gasteiger partial charge is 0.0414 e. The zero-order valence-electron chi connectivity index (χ0n) is 10.9. The summed E-state index contributed by atoms with van der Waals surface area (Å²) in [5.74, 6) is 0. The Morgan fingerprint density at radius 3 is 2.88 bits per heavy atom. The van der Waals surface area contributed by atoms with E-state index in [0.717, 1.165) is 13.0 Å². The number of anilines is 1. The molecular formula is C15H24N2. The van der Waals surface area contributed by atoms with E-state index in [9.17, 15) is 0 Å². The minimum absolute atomic E-state index is 0.234. The molecule has 1 aliphatic heterocycles. The first-order chi connectivity index (χ1) is 8.33. The molecular weight excluding hydrogens is 208 g/mol. The van der Waals surface area contributed by atoms with Gasteiger partial charge in [-0.15, -0.1) is 0 Å². The molecule has 2 nitrogen and oxygen atoms in total. The molecule has 0 saturated heterocycles. The van der Waals surface area contributed by atoms with Gasteiger partial charge in [0.25, 0.3) is 0 Å². The summed E-state index contributed by atoms with van der Waals surface area (Å²) in [6.07, 6.45) is 6.40. The summed E-state index contributed by atoms with van der Waals surface area (Å²) in [6, 6.07) is 8.85. The van der Waals surface area contributed by atoms with E-state index in [-0.39, 0.29) is 6.04 Å². The van der Waals surface area contributed by atoms with E-state index in [2.05, 4.69) is 36.1 Å². The largest absolute Gasteiger partial charge is 0.371 e. The van der Waals surface area contributed by atoms with Crippen molar-refractivity contribution in [3.63, 3.8) is 0 Å². The first-order valence-electron chi connectivity index (χ1n) is 6.92. The molecule has 1 atom stereocenters. The zero-order valence-corrected chi connectivity index (χ0v) is 10.9. The Balaban J connectivity index is 1.98. The third kappa shape index (κ3) is 3.01. The molecule has 0 saturated carbocycles. The van der Waals surface area contributed by atoms with Crippen LogP contribution >= 0.6 is 0 Å². The van der Waals surface area contributed by atoms with Gasteiger partial charge in [0, 0.05) is 24.8 Å². The number of nitrogens with two attached hydrogens (primary N) is 1. The number of benzene rings is 1. The average Bonchev–Trinajstić information content (AvgIpc) is 2.37. The normalized spacial score (nSPS) is 19.2. The minimum atomic E-state index is 0.234. The quantitative estimate of drug-likeness (QED) is 0.788. The lowest BCUT2D eigenvalue weighted by molar-refractivity contribution is 0.569. The SMILES string of the molecule is CCCCCCN1CCC(N)c2ccccc21. The van der Waals surface area contributed by atoms with Crippen LogP contribution in [0.15, 0.2) is 24.3 Å². The van der Waals surface area contributed by atoms with Crippen LogP contribution in [-0.4, -0.2) is 13.1 Å². The maximum atomic E-state index is 6.16. The molecule has 0 fully saturated rings. The van der Waals surface area contributed by atoms with Crippen LogP contribution in [0.25, 0.3) is 0 Å². The number of hydrogen-bond acceptors (Lipinski definition) is 2. The van der Waals surface area contributed by atoms with Gasteiger partial charge in [-0.3, -0.25) is 0 Å². The lowest BCUT2D eigenvalue weighted by Gasteiger charge is -2.34. The topological polar surface area (TPSA) is 29.3 Å². The maximum absolute atomic E-state index is 6.16. The molecule has 1 aromatic carbocycles. The van der Waals surface area contributed by atoms with Crippen molar-refractivity contribution >= 4 is 5.69 Å². The first-order valence-corrected chi connectivity index (χ1v) is 6.92. The lowest BCUT2D eigenvalue weighted by atomic mass is 9.97. The highest BCUT2D eigenvalue weighted by Crippen LogP contribution is 2.32. The standard InChI is InChI=1S/C15H24N2/c1-2-3-4-7-11-17-12-10-14(16)13-8-5-6-9-15(13)17/h5-6,8-9,14H,2-4,7,10-12,16H2,1H3. The monoisotopic (exact) mass is 232 g/mol. The van der Waals surface area contributed by atoms with Crippen molar-refractivity contribution in [1.82, 2.24) is 0 Å². The van der Waals surface area contributed by atoms with E-state index in [4.69, 9.17) is 5.73 Å². The molecule has 0 spiro atoms. The highest BCUT2D eigenvalue weighted by Gasteiger charge is 2.21. The average molecular weight is 232 g/mol. The lowest BCUT2D eigenvalue weighted by Crippen LogP contribution is -2.34. The summed E-state index contributed by atoms with van der Waals surface area (Å²) in [7, 11) is 0. The van der Waals surface area contributed by atoms with Gasteiger partial charge in [-0.2, -0.15) is 0 Å². The van der Waals surface area contributed by atoms with Crippen molar-refractivity contribution in [2.24, 2.45) is 5.73 Å². The molecule has 0 amide bonds. The van der Waals surface area contributed by atoms with E-state index < -0.39 is 0 Å². The Hall–Kier alpha value is -1.02. The number of unbranched alkanes of at least 4 members (excludes halogenated alkanes) is 3. The van der Waals surface area contributed by atoms with Gasteiger partial charge in [-0.05, 0) is 24.5 Å². The molecule has 2 heteroatoms. The van der Waals surface area contributed by atoms with E-state index in [1.807, 2.05) is 0 Å².